The molecule has 0 N–H and O–H groups in total. The molecule has 0 amide bonds. The van der Waals surface area contributed by atoms with E-state index in [9.17, 15) is 0 Å². The van der Waals surface area contributed by atoms with E-state index in [0.717, 1.165) is 200 Å². The average molecular weight is 1080 g/mol. The zero-order valence-corrected chi connectivity index (χ0v) is 50.5. The maximum Gasteiger partial charge on any atom is 2.00 e. The van der Waals surface area contributed by atoms with Gasteiger partial charge in [-0.25, -0.2) is 19.9 Å². The molecule has 0 fully saturated rings. The number of fused-ring (bicyclic) bond motifs is 16. The van der Waals surface area contributed by atoms with Crippen LogP contribution in [0.2, 0.25) is 0 Å². The Kier molecular flexibility index (Phi) is 19.4. The molecular weight excluding hydrogens is 1010 g/mol. The van der Waals surface area contributed by atoms with Crippen LogP contribution in [0.1, 0.15) is 198 Å². The fourth-order valence-corrected chi connectivity index (χ4v) is 10.7. The molecule has 0 spiro atoms. The minimum atomic E-state index is 0. The summed E-state index contributed by atoms with van der Waals surface area (Å²) in [4.78, 5) is 43.6. The number of aryl methyl sites for hydroxylation is 4. The largest absolute Gasteiger partial charge is 2.00 e. The van der Waals surface area contributed by atoms with Gasteiger partial charge in [0.25, 0.3) is 0 Å². The topological polar surface area (TPSA) is 108 Å². The molecule has 370 valence electrons. The molecule has 74 heavy (non-hydrogen) atoms. The minimum Gasteiger partial charge on any atom is -0.657 e. The van der Waals surface area contributed by atoms with E-state index in [4.69, 9.17) is 39.9 Å². The van der Waals surface area contributed by atoms with Gasteiger partial charge in [-0.3, -0.25) is 0 Å². The van der Waals surface area contributed by atoms with Crippen molar-refractivity contribution < 1.29 is 39.0 Å². The van der Waals surface area contributed by atoms with E-state index in [1.54, 1.807) is 0 Å². The summed E-state index contributed by atoms with van der Waals surface area (Å²) >= 11 is 0. The van der Waals surface area contributed by atoms with Crippen LogP contribution in [-0.2, 0) is 64.6 Å². The van der Waals surface area contributed by atoms with Crippen LogP contribution in [0, 0.1) is 0 Å². The van der Waals surface area contributed by atoms with Crippen molar-refractivity contribution in [1.82, 2.24) is 39.9 Å². The van der Waals surface area contributed by atoms with E-state index < -0.39 is 0 Å². The maximum absolute atomic E-state index is 5.64. The summed E-state index contributed by atoms with van der Waals surface area (Å²) in [6.07, 6.45) is 39.3. The summed E-state index contributed by atoms with van der Waals surface area (Å²) < 4.78 is 0. The van der Waals surface area contributed by atoms with Crippen LogP contribution >= 0.6 is 0 Å². The van der Waals surface area contributed by atoms with Gasteiger partial charge in [0.15, 0.2) is 0 Å². The Labute approximate surface area is 464 Å². The van der Waals surface area contributed by atoms with Gasteiger partial charge >= 0.3 is 39.0 Å². The van der Waals surface area contributed by atoms with Gasteiger partial charge in [-0.1, -0.05) is 165 Å². The van der Waals surface area contributed by atoms with Gasteiger partial charge < -0.3 is 19.9 Å². The fourth-order valence-electron chi connectivity index (χ4n) is 10.7. The third-order valence-electron chi connectivity index (χ3n) is 14.7. The third-order valence-corrected chi connectivity index (χ3v) is 14.7. The van der Waals surface area contributed by atoms with Crippen molar-refractivity contribution in [3.63, 3.8) is 0 Å². The zero-order chi connectivity index (χ0) is 49.2. The maximum atomic E-state index is 5.64. The summed E-state index contributed by atoms with van der Waals surface area (Å²) in [5, 5.41) is 0. The molecule has 6 aromatic rings. The molecule has 0 aromatic carbocycles. The molecule has 0 aliphatic carbocycles. The van der Waals surface area contributed by atoms with Gasteiger partial charge in [0.1, 0.15) is 0 Å². The van der Waals surface area contributed by atoms with Crippen LogP contribution in [0.3, 0.4) is 0 Å². The second-order valence-electron chi connectivity index (χ2n) is 20.1. The quantitative estimate of drug-likeness (QED) is 0.0517. The van der Waals surface area contributed by atoms with E-state index in [2.05, 4.69) is 137 Å². The van der Waals surface area contributed by atoms with Crippen molar-refractivity contribution in [2.75, 3.05) is 0 Å². The van der Waals surface area contributed by atoms with Gasteiger partial charge in [0, 0.05) is 0 Å². The first-order valence-electron chi connectivity index (χ1n) is 27.5. The van der Waals surface area contributed by atoms with Gasteiger partial charge in [-0.2, -0.15) is 0 Å². The van der Waals surface area contributed by atoms with E-state index in [0.29, 0.717) is 0 Å². The predicted molar refractivity (Wildman–Crippen MR) is 304 cm³/mol. The minimum absolute atomic E-state index is 0. The summed E-state index contributed by atoms with van der Waals surface area (Å²) in [6.45, 7) is 9.07. The Balaban J connectivity index is 0.00000364. The van der Waals surface area contributed by atoms with Crippen LogP contribution in [0.25, 0.3) is 104 Å². The van der Waals surface area contributed by atoms with Crippen LogP contribution in [-0.4, -0.2) is 19.9 Å². The molecule has 4 aliphatic heterocycles. The molecule has 0 saturated carbocycles. The Hall–Kier alpha value is -5.55. The zero-order valence-electron chi connectivity index (χ0n) is 44.5. The van der Waals surface area contributed by atoms with Crippen LogP contribution in [0.5, 0.6) is 0 Å². The van der Waals surface area contributed by atoms with Crippen LogP contribution < -0.4 is 19.9 Å². The molecule has 4 aliphatic rings. The summed E-state index contributed by atoms with van der Waals surface area (Å²) in [5.74, 6) is 0. The Morgan fingerprint density at radius 2 is 0.595 bits per heavy atom. The molecule has 10 heteroatoms. The second-order valence-corrected chi connectivity index (χ2v) is 20.1. The van der Waals surface area contributed by atoms with Gasteiger partial charge in [-0.15, -0.1) is 44.1 Å². The van der Waals surface area contributed by atoms with E-state index in [-0.39, 0.29) is 39.0 Å². The molecule has 0 radical (unpaired) electrons. The first kappa shape index (κ1) is 54.7. The third kappa shape index (κ3) is 12.6. The van der Waals surface area contributed by atoms with E-state index >= 15 is 0 Å². The first-order chi connectivity index (χ1) is 35.5. The summed E-state index contributed by atoms with van der Waals surface area (Å²) in [5.41, 5.74) is 21.1. The number of unbranched alkanes of at least 4 members (excludes halogenated alkanes) is 12. The number of hydrogen-bond acceptors (Lipinski definition) is 4. The van der Waals surface area contributed by atoms with E-state index in [1.807, 2.05) is 0 Å². The van der Waals surface area contributed by atoms with Gasteiger partial charge in [0.2, 0.25) is 0 Å². The van der Waals surface area contributed by atoms with Crippen LogP contribution in [0.4, 0.5) is 0 Å². The molecule has 16 bridgehead atoms. The first-order valence-corrected chi connectivity index (χ1v) is 27.5. The van der Waals surface area contributed by atoms with Gasteiger partial charge in [-0.05, 0) is 133 Å². The standard InChI is InChI=1S/C64H70N8.2Zn/c1-5-9-13-17-21-47-51-29-25-43(65-51)41-44-26-30-52(66-44)48(22-18-14-10-6-2)56-34-38-60(70-56)63(59-37-33-55(47)69-59)64-61-39-35-57(71-61)49(23-19-15-11-7-3)53-31-27-45(67-53)42-46-28-32-54(68-46)50(24-20-16-12-8-4)58-36-40-62(64)72-58;;/h25-42H,5-24H2,1-4H3;;/q-4;2*+2. The van der Waals surface area contributed by atoms with Crippen molar-refractivity contribution in [3.05, 3.63) is 128 Å². The molecule has 0 saturated heterocycles. The summed E-state index contributed by atoms with van der Waals surface area (Å²) in [6, 6.07) is 21.6. The van der Waals surface area contributed by atoms with Crippen molar-refractivity contribution in [3.8, 4) is 11.1 Å². The monoisotopic (exact) mass is 1080 g/mol. The normalized spacial score (nSPS) is 12.4. The molecule has 6 aromatic heterocycles. The molecule has 0 atom stereocenters. The van der Waals surface area contributed by atoms with E-state index in [1.165, 1.54) is 51.4 Å². The number of rotatable bonds is 21. The van der Waals surface area contributed by atoms with Crippen molar-refractivity contribution in [2.24, 2.45) is 0 Å². The molecule has 8 nitrogen and oxygen atoms in total. The van der Waals surface area contributed by atoms with Crippen molar-refractivity contribution in [1.29, 1.82) is 0 Å². The molecule has 0 unspecified atom stereocenters. The Morgan fingerprint density at radius 1 is 0.297 bits per heavy atom. The van der Waals surface area contributed by atoms with Crippen molar-refractivity contribution in [2.45, 2.75) is 156 Å². The van der Waals surface area contributed by atoms with Gasteiger partial charge in [0.05, 0.1) is 45.6 Å². The predicted octanol–water partition coefficient (Wildman–Crippen LogP) is 16.3. The molecule has 10 heterocycles. The average Bonchev–Trinajstić information content (AvgIpc) is 4.23. The summed E-state index contributed by atoms with van der Waals surface area (Å²) in [7, 11) is 0. The Morgan fingerprint density at radius 3 is 0.959 bits per heavy atom. The fraction of sp³-hybridized carbons (Fsp3) is 0.375. The van der Waals surface area contributed by atoms with Crippen LogP contribution in [0.15, 0.2) is 60.7 Å². The number of hydrogen-bond donors (Lipinski definition) is 0. The smallest absolute Gasteiger partial charge is 0.657 e. The number of nitrogens with zero attached hydrogens (tertiary/aromatic N) is 8. The second kappa shape index (κ2) is 26.3. The number of aromatic nitrogens is 8. The molecular formula is C64H70N8Zn2. The SMILES string of the molecule is CCCCCCc1c2nc(c(-c3c4nc(c(CCCCCC)c5ccc(cc6nc(c(CCCCCC)c7ccc3[n-]7)C=C6)[n-]5)C=C4)c3ccc([n-]3)c(CCCCCC)c3nc(cc4ccc1[n-]4)C=C3)C=C2.[Zn+2].[Zn+2]. The molecule has 10 rings (SSSR count). The van der Waals surface area contributed by atoms with Crippen molar-refractivity contribution >= 4 is 92.7 Å². The Bertz CT molecular complexity index is 3150.